The van der Waals surface area contributed by atoms with Crippen molar-refractivity contribution < 1.29 is 33.6 Å². The number of nitrogens with one attached hydrogen (secondary N) is 2. The van der Waals surface area contributed by atoms with Crippen molar-refractivity contribution in [3.05, 3.63) is 140 Å². The van der Waals surface area contributed by atoms with E-state index in [-0.39, 0.29) is 47.2 Å². The topological polar surface area (TPSA) is 273 Å². The lowest BCUT2D eigenvalue weighted by atomic mass is 10.0. The lowest BCUT2D eigenvalue weighted by Gasteiger charge is -2.22. The molecule has 1 amide bonds. The van der Waals surface area contributed by atoms with Crippen LogP contribution in [0.15, 0.2) is 97.6 Å². The molecule has 0 saturated heterocycles. The van der Waals surface area contributed by atoms with Gasteiger partial charge >= 0.3 is 5.97 Å². The van der Waals surface area contributed by atoms with E-state index in [0.29, 0.717) is 69.9 Å². The molecule has 0 fully saturated rings. The van der Waals surface area contributed by atoms with Crippen molar-refractivity contribution in [2.75, 3.05) is 110 Å². The third kappa shape index (κ3) is 14.0. The lowest BCUT2D eigenvalue weighted by molar-refractivity contribution is -0.384. The van der Waals surface area contributed by atoms with Gasteiger partial charge in [0.05, 0.1) is 65.0 Å². The molecule has 6 heterocycles. The minimum absolute atomic E-state index is 0. The Balaban J connectivity index is 0.000000221. The summed E-state index contributed by atoms with van der Waals surface area (Å²) in [6.07, 6.45) is 17.3. The number of para-hydroxylation sites is 2. The van der Waals surface area contributed by atoms with Crippen LogP contribution >= 0.6 is 24.0 Å². The lowest BCUT2D eigenvalue weighted by Crippen LogP contribution is -2.28. The molecule has 0 bridgehead atoms. The molecule has 4 N–H and O–H groups in total. The zero-order valence-electron chi connectivity index (χ0n) is 49.5. The summed E-state index contributed by atoms with van der Waals surface area (Å²) in [6, 6.07) is 18.7. The molecule has 24 nitrogen and oxygen atoms in total. The molecule has 0 aliphatic carbocycles. The van der Waals surface area contributed by atoms with Crippen molar-refractivity contribution in [2.45, 2.75) is 38.8 Å². The number of aromatic nitrogens is 6. The second kappa shape index (κ2) is 27.7. The van der Waals surface area contributed by atoms with Crippen LogP contribution in [0.4, 0.5) is 46.0 Å². The van der Waals surface area contributed by atoms with E-state index in [4.69, 9.17) is 29.9 Å². The molecule has 0 radical (unpaired) electrons. The Morgan fingerprint density at radius 2 is 1.08 bits per heavy atom. The van der Waals surface area contributed by atoms with Crippen LogP contribution in [0.3, 0.4) is 0 Å². The van der Waals surface area contributed by atoms with Gasteiger partial charge in [-0.2, -0.15) is 0 Å². The summed E-state index contributed by atoms with van der Waals surface area (Å²) >= 11 is 0. The molecule has 4 aromatic heterocycles. The van der Waals surface area contributed by atoms with Crippen LogP contribution in [-0.4, -0.2) is 150 Å². The fraction of sp³-hybridized carbons (Fsp3) is 0.311. The number of carbonyl (C=O) groups excluding carboxylic acids is 2. The maximum absolute atomic E-state index is 12.1. The predicted octanol–water partition coefficient (Wildman–Crippen LogP) is 9.71. The largest absolute Gasteiger partial charge is 0.494 e. The Morgan fingerprint density at radius 3 is 1.47 bits per heavy atom. The van der Waals surface area contributed by atoms with Gasteiger partial charge < -0.3 is 59.3 Å². The first-order valence-corrected chi connectivity index (χ1v) is 27.5. The molecule has 0 saturated carbocycles. The number of nitrogens with zero attached hydrogens (tertiary/aromatic N) is 12. The molecule has 0 spiro atoms. The van der Waals surface area contributed by atoms with Gasteiger partial charge in [-0.3, -0.25) is 25.0 Å². The van der Waals surface area contributed by atoms with Crippen LogP contribution < -0.4 is 35.6 Å². The van der Waals surface area contributed by atoms with Gasteiger partial charge in [0.2, 0.25) is 17.8 Å². The van der Waals surface area contributed by atoms with Gasteiger partial charge in [-0.25, -0.2) is 24.7 Å². The summed E-state index contributed by atoms with van der Waals surface area (Å²) in [4.78, 5) is 73.2. The number of primary amides is 1. The second-order valence-corrected chi connectivity index (χ2v) is 21.2. The van der Waals surface area contributed by atoms with E-state index in [0.717, 1.165) is 73.8 Å². The number of likely N-dealkylation sites (N-methyl/N-ethyl adjacent to an activating group) is 4. The fourth-order valence-electron chi connectivity index (χ4n) is 10.6. The maximum Gasteiger partial charge on any atom is 0.330 e. The first-order valence-electron chi connectivity index (χ1n) is 27.5. The Kier molecular flexibility index (Phi) is 20.2. The van der Waals surface area contributed by atoms with Crippen molar-refractivity contribution in [3.63, 3.8) is 0 Å². The Morgan fingerprint density at radius 1 is 0.651 bits per heavy atom. The monoisotopic (exact) mass is 1280 g/mol. The van der Waals surface area contributed by atoms with Crippen molar-refractivity contribution in [1.29, 1.82) is 0 Å². The number of aryl methyl sites for hydroxylation is 4. The summed E-state index contributed by atoms with van der Waals surface area (Å²) in [7, 11) is 15.8. The van der Waals surface area contributed by atoms with Gasteiger partial charge in [-0.1, -0.05) is 36.4 Å². The number of anilines is 6. The van der Waals surface area contributed by atoms with Crippen molar-refractivity contribution in [2.24, 2.45) is 5.73 Å². The zero-order chi connectivity index (χ0) is 60.6. The van der Waals surface area contributed by atoms with Crippen molar-refractivity contribution in [1.82, 2.24) is 38.9 Å². The average molecular weight is 1280 g/mol. The molecule has 2 aliphatic heterocycles. The van der Waals surface area contributed by atoms with Crippen LogP contribution in [0, 0.1) is 20.2 Å². The van der Waals surface area contributed by atoms with Gasteiger partial charge in [0, 0.05) is 148 Å². The average Bonchev–Trinajstić information content (AvgIpc) is 1.76. The van der Waals surface area contributed by atoms with Crippen LogP contribution in [-0.2, 0) is 40.3 Å². The molecule has 10 rings (SSSR count). The summed E-state index contributed by atoms with van der Waals surface area (Å²) in [5.74, 6) is 0.168. The van der Waals surface area contributed by atoms with Crippen LogP contribution in [0.1, 0.15) is 35.1 Å². The molecular formula is C61H70IN15O9. The smallest absolute Gasteiger partial charge is 0.330 e. The number of nitro groups is 2. The SMILES string of the molecule is COC(=O)C=Cc1cnc(Nc2cc([N+](=O)[O-])c(N(C)CCN(C)C)cc2OC)nc1-c1cn2c3c(cccc13)CCC2.COc1cc(N(C)CCN(C)C)c([N+](=O)[O-])cc1Nc1ncc(C=CC(N)=O)c(-c2cn3c4c(cccc24)CCC3)n1.I. The van der Waals surface area contributed by atoms with Gasteiger partial charge in [-0.15, -0.1) is 24.0 Å². The molecule has 25 heteroatoms. The number of benzene rings is 4. The van der Waals surface area contributed by atoms with E-state index in [1.807, 2.05) is 74.0 Å². The summed E-state index contributed by atoms with van der Waals surface area (Å²) in [5.41, 5.74) is 15.9. The van der Waals surface area contributed by atoms with Gasteiger partial charge in [0.1, 0.15) is 22.9 Å². The number of carbonyl (C=O) groups is 2. The number of halogens is 1. The fourth-order valence-corrected chi connectivity index (χ4v) is 10.6. The number of hydrogen-bond donors (Lipinski definition) is 3. The molecule has 2 aliphatic rings. The van der Waals surface area contributed by atoms with Crippen LogP contribution in [0.5, 0.6) is 11.5 Å². The van der Waals surface area contributed by atoms with E-state index >= 15 is 0 Å². The van der Waals surface area contributed by atoms with E-state index in [9.17, 15) is 29.8 Å². The first-order chi connectivity index (χ1) is 40.8. The molecular weight excluding hydrogens is 1210 g/mol. The van der Waals surface area contributed by atoms with Gasteiger partial charge in [-0.05, 0) is 77.2 Å². The first kappa shape index (κ1) is 62.8. The molecule has 450 valence electrons. The highest BCUT2D eigenvalue weighted by Crippen LogP contribution is 2.43. The summed E-state index contributed by atoms with van der Waals surface area (Å²) < 4.78 is 20.5. The molecule has 4 aromatic carbocycles. The number of ether oxygens (including phenoxy) is 3. The highest BCUT2D eigenvalue weighted by Gasteiger charge is 2.27. The highest BCUT2D eigenvalue weighted by molar-refractivity contribution is 14.0. The Bertz CT molecular complexity index is 3920. The molecule has 86 heavy (non-hydrogen) atoms. The molecule has 0 atom stereocenters. The number of hydrogen-bond acceptors (Lipinski definition) is 19. The van der Waals surface area contributed by atoms with Crippen molar-refractivity contribution >= 4 is 116 Å². The van der Waals surface area contributed by atoms with E-state index in [1.165, 1.54) is 67.8 Å². The third-order valence-electron chi connectivity index (χ3n) is 14.9. The second-order valence-electron chi connectivity index (χ2n) is 21.2. The minimum Gasteiger partial charge on any atom is -0.494 e. The number of esters is 1. The Hall–Kier alpha value is -9.21. The van der Waals surface area contributed by atoms with E-state index < -0.39 is 21.7 Å². The van der Waals surface area contributed by atoms with Gasteiger partial charge in [0.15, 0.2) is 0 Å². The predicted molar refractivity (Wildman–Crippen MR) is 347 cm³/mol. The van der Waals surface area contributed by atoms with E-state index in [1.54, 1.807) is 36.7 Å². The Labute approximate surface area is 514 Å². The van der Waals surface area contributed by atoms with Crippen LogP contribution in [0.2, 0.25) is 0 Å². The van der Waals surface area contributed by atoms with Crippen molar-refractivity contribution in [3.8, 4) is 34.0 Å². The van der Waals surface area contributed by atoms with Crippen LogP contribution in [0.25, 0.3) is 56.5 Å². The summed E-state index contributed by atoms with van der Waals surface area (Å²) in [6.45, 7) is 4.42. The molecule has 8 aromatic rings. The minimum atomic E-state index is -0.585. The third-order valence-corrected chi connectivity index (χ3v) is 14.9. The quantitative estimate of drug-likeness (QED) is 0.0187. The zero-order valence-corrected chi connectivity index (χ0v) is 51.8. The number of nitrogens with two attached hydrogens (primary N) is 1. The van der Waals surface area contributed by atoms with Gasteiger partial charge in [0.25, 0.3) is 11.4 Å². The highest BCUT2D eigenvalue weighted by atomic mass is 127. The number of rotatable bonds is 22. The van der Waals surface area contributed by atoms with E-state index in [2.05, 4.69) is 66.4 Å². The number of amides is 1. The summed E-state index contributed by atoms with van der Waals surface area (Å²) in [5, 5.41) is 32.6. The molecule has 0 unspecified atom stereocenters. The maximum atomic E-state index is 12.1. The number of nitro benzene ring substituents is 2. The standard InChI is InChI=1S/C31H35N7O5.C30H34N8O4.HI/c1-35(2)14-15-36(3)25-17-27(42-4)24(16-26(25)38(40)41)33-31-32-18-21(11-12-28(39)43-5)29(34-31)23-19-37-13-7-9-20-8-6-10-22(23)30(20)37;1-35(2)13-14-36(3)24-16-26(42-4)23(15-25(24)38(40)41)33-30-32-17-20(10-11-27(31)39)28(34-30)22-18-37-12-6-8-19-7-5-9-21(22)29(19)37;/h6,8,10-12,16-19H,7,9,13-15H2,1-5H3,(H,32,33,34);5,7,9-11,15-18H,6,8,12-14H2,1-4H3,(H2,31,39)(H,32,33,34);1H. The number of methoxy groups -OCH3 is 3. The normalized spacial score (nSPS) is 12.5.